The number of pyridine rings is 1. The van der Waals surface area contributed by atoms with Crippen LogP contribution < -0.4 is 0 Å². The molecule has 0 fully saturated rings. The van der Waals surface area contributed by atoms with Crippen LogP contribution in [0.4, 0.5) is 0 Å². The van der Waals surface area contributed by atoms with E-state index >= 15 is 0 Å². The SMILES string of the molecule is c1ccc(-c2nc(-c3ccccc3)nc(-c3cccc(-c4nc5ccccc5c5c6ccccc6n(-c6ccccc6)c45)c3)n2)cc1. The smallest absolute Gasteiger partial charge is 0.164 e. The number of fused-ring (bicyclic) bond motifs is 5. The highest BCUT2D eigenvalue weighted by Crippen LogP contribution is 2.41. The van der Waals surface area contributed by atoms with Gasteiger partial charge in [-0.2, -0.15) is 0 Å². The minimum Gasteiger partial charge on any atom is -0.307 e. The molecule has 0 atom stereocenters. The summed E-state index contributed by atoms with van der Waals surface area (Å²) in [6, 6.07) is 56.1. The Kier molecular flexibility index (Phi) is 6.39. The van der Waals surface area contributed by atoms with Crippen molar-refractivity contribution in [2.45, 2.75) is 0 Å². The second-order valence-electron chi connectivity index (χ2n) is 11.5. The Morgan fingerprint density at radius 2 is 0.894 bits per heavy atom. The van der Waals surface area contributed by atoms with Gasteiger partial charge in [0.25, 0.3) is 0 Å². The minimum absolute atomic E-state index is 0.611. The molecule has 0 spiro atoms. The lowest BCUT2D eigenvalue weighted by molar-refractivity contribution is 1.07. The first-order valence-electron chi connectivity index (χ1n) is 15.7. The summed E-state index contributed by atoms with van der Waals surface area (Å²) in [6.07, 6.45) is 0. The van der Waals surface area contributed by atoms with E-state index in [1.165, 1.54) is 10.8 Å². The predicted molar refractivity (Wildman–Crippen MR) is 191 cm³/mol. The van der Waals surface area contributed by atoms with Crippen LogP contribution in [0, 0.1) is 0 Å². The van der Waals surface area contributed by atoms with Crippen molar-refractivity contribution >= 4 is 32.7 Å². The molecular weight excluding hydrogens is 574 g/mol. The van der Waals surface area contributed by atoms with Crippen LogP contribution >= 0.6 is 0 Å². The topological polar surface area (TPSA) is 56.5 Å². The number of aromatic nitrogens is 5. The summed E-state index contributed by atoms with van der Waals surface area (Å²) in [5.74, 6) is 1.88. The Labute approximate surface area is 271 Å². The van der Waals surface area contributed by atoms with Crippen LogP contribution in [0.3, 0.4) is 0 Å². The molecule has 0 bridgehead atoms. The fourth-order valence-corrected chi connectivity index (χ4v) is 6.48. The summed E-state index contributed by atoms with van der Waals surface area (Å²) in [7, 11) is 0. The molecule has 0 unspecified atom stereocenters. The molecule has 0 radical (unpaired) electrons. The van der Waals surface area contributed by atoms with Gasteiger partial charge in [0.1, 0.15) is 0 Å². The van der Waals surface area contributed by atoms with Gasteiger partial charge in [-0.1, -0.05) is 133 Å². The largest absolute Gasteiger partial charge is 0.307 e. The van der Waals surface area contributed by atoms with Gasteiger partial charge in [0.2, 0.25) is 0 Å². The van der Waals surface area contributed by atoms with E-state index in [9.17, 15) is 0 Å². The fourth-order valence-electron chi connectivity index (χ4n) is 6.48. The highest BCUT2D eigenvalue weighted by Gasteiger charge is 2.21. The molecule has 0 saturated carbocycles. The van der Waals surface area contributed by atoms with Crippen molar-refractivity contribution in [2.75, 3.05) is 0 Å². The highest BCUT2D eigenvalue weighted by molar-refractivity contribution is 6.23. The van der Waals surface area contributed by atoms with Crippen molar-refractivity contribution in [1.82, 2.24) is 24.5 Å². The quantitative estimate of drug-likeness (QED) is 0.197. The van der Waals surface area contributed by atoms with Gasteiger partial charge in [0.15, 0.2) is 17.5 Å². The van der Waals surface area contributed by atoms with Crippen molar-refractivity contribution in [3.63, 3.8) is 0 Å². The van der Waals surface area contributed by atoms with E-state index in [0.29, 0.717) is 17.5 Å². The Morgan fingerprint density at radius 3 is 1.57 bits per heavy atom. The third-order valence-corrected chi connectivity index (χ3v) is 8.61. The number of benzene rings is 6. The number of nitrogens with zero attached hydrogens (tertiary/aromatic N) is 5. The van der Waals surface area contributed by atoms with Crippen molar-refractivity contribution in [3.8, 4) is 51.1 Å². The molecule has 0 aliphatic carbocycles. The number of hydrogen-bond donors (Lipinski definition) is 0. The zero-order valence-corrected chi connectivity index (χ0v) is 25.3. The van der Waals surface area contributed by atoms with E-state index in [4.69, 9.17) is 19.9 Å². The number of hydrogen-bond acceptors (Lipinski definition) is 4. The molecule has 47 heavy (non-hydrogen) atoms. The van der Waals surface area contributed by atoms with E-state index in [2.05, 4.69) is 108 Å². The van der Waals surface area contributed by atoms with E-state index < -0.39 is 0 Å². The molecule has 6 aromatic carbocycles. The second kappa shape index (κ2) is 11.2. The average Bonchev–Trinajstić information content (AvgIpc) is 3.51. The van der Waals surface area contributed by atoms with Gasteiger partial charge < -0.3 is 4.57 Å². The monoisotopic (exact) mass is 601 g/mol. The van der Waals surface area contributed by atoms with Crippen LogP contribution in [0.2, 0.25) is 0 Å². The molecule has 5 nitrogen and oxygen atoms in total. The van der Waals surface area contributed by atoms with E-state index in [0.717, 1.165) is 55.6 Å². The highest BCUT2D eigenvalue weighted by atomic mass is 15.0. The standard InChI is InChI=1S/C42H27N5/c1-4-15-28(16-5-1)40-44-41(29-17-6-2-7-18-29)46-42(45-40)31-20-14-19-30(27-31)38-39-37(33-23-10-12-25-35(33)43-38)34-24-11-13-26-36(34)47(39)32-21-8-3-9-22-32/h1-27H. The number of para-hydroxylation sites is 3. The number of rotatable bonds is 5. The van der Waals surface area contributed by atoms with Crippen molar-refractivity contribution in [2.24, 2.45) is 0 Å². The molecule has 0 saturated heterocycles. The maximum absolute atomic E-state index is 5.35. The Bertz CT molecular complexity index is 2500. The van der Waals surface area contributed by atoms with Crippen LogP contribution in [-0.4, -0.2) is 24.5 Å². The Morgan fingerprint density at radius 1 is 0.383 bits per heavy atom. The molecule has 9 rings (SSSR count). The summed E-state index contributed by atoms with van der Waals surface area (Å²) in [4.78, 5) is 20.2. The van der Waals surface area contributed by atoms with Crippen LogP contribution in [0.15, 0.2) is 164 Å². The molecule has 3 heterocycles. The minimum atomic E-state index is 0.611. The molecule has 3 aromatic heterocycles. The molecule has 0 aliphatic rings. The van der Waals surface area contributed by atoms with E-state index in [1.807, 2.05) is 60.7 Å². The summed E-state index contributed by atoms with van der Waals surface area (Å²) >= 11 is 0. The Hall–Kier alpha value is -6.46. The molecule has 0 amide bonds. The van der Waals surface area contributed by atoms with E-state index in [1.54, 1.807) is 0 Å². The summed E-state index contributed by atoms with van der Waals surface area (Å²) in [6.45, 7) is 0. The third-order valence-electron chi connectivity index (χ3n) is 8.61. The van der Waals surface area contributed by atoms with Gasteiger partial charge in [-0.25, -0.2) is 19.9 Å². The lowest BCUT2D eigenvalue weighted by Gasteiger charge is -2.13. The third kappa shape index (κ3) is 4.64. The summed E-state index contributed by atoms with van der Waals surface area (Å²) < 4.78 is 2.34. The average molecular weight is 602 g/mol. The fraction of sp³-hybridized carbons (Fsp3) is 0. The second-order valence-corrected chi connectivity index (χ2v) is 11.5. The van der Waals surface area contributed by atoms with Gasteiger partial charge in [-0.3, -0.25) is 0 Å². The first-order chi connectivity index (χ1) is 23.3. The maximum atomic E-state index is 5.35. The lowest BCUT2D eigenvalue weighted by atomic mass is 10.0. The molecule has 220 valence electrons. The van der Waals surface area contributed by atoms with Crippen molar-refractivity contribution < 1.29 is 0 Å². The van der Waals surface area contributed by atoms with Gasteiger partial charge in [0, 0.05) is 44.1 Å². The normalized spacial score (nSPS) is 11.4. The zero-order valence-electron chi connectivity index (χ0n) is 25.3. The van der Waals surface area contributed by atoms with Gasteiger partial charge >= 0.3 is 0 Å². The molecule has 0 aliphatic heterocycles. The van der Waals surface area contributed by atoms with Gasteiger partial charge in [-0.05, 0) is 30.3 Å². The van der Waals surface area contributed by atoms with Crippen molar-refractivity contribution in [1.29, 1.82) is 0 Å². The molecule has 5 heteroatoms. The Balaban J connectivity index is 1.32. The molecular formula is C42H27N5. The van der Waals surface area contributed by atoms with Crippen LogP contribution in [0.5, 0.6) is 0 Å². The van der Waals surface area contributed by atoms with Crippen LogP contribution in [-0.2, 0) is 0 Å². The molecule has 0 N–H and O–H groups in total. The first-order valence-corrected chi connectivity index (χ1v) is 15.7. The maximum Gasteiger partial charge on any atom is 0.164 e. The van der Waals surface area contributed by atoms with Crippen LogP contribution in [0.25, 0.3) is 83.8 Å². The predicted octanol–water partition coefficient (Wildman–Crippen LogP) is 10.2. The lowest BCUT2D eigenvalue weighted by Crippen LogP contribution is -2.00. The van der Waals surface area contributed by atoms with Gasteiger partial charge in [0.05, 0.1) is 22.2 Å². The summed E-state index contributed by atoms with van der Waals surface area (Å²) in [5, 5.41) is 3.51. The van der Waals surface area contributed by atoms with E-state index in [-0.39, 0.29) is 0 Å². The van der Waals surface area contributed by atoms with Crippen molar-refractivity contribution in [3.05, 3.63) is 164 Å². The summed E-state index contributed by atoms with van der Waals surface area (Å²) in [5.41, 5.74) is 8.91. The van der Waals surface area contributed by atoms with Crippen LogP contribution in [0.1, 0.15) is 0 Å². The molecule has 9 aromatic rings. The zero-order chi connectivity index (χ0) is 31.2. The first kappa shape index (κ1) is 26.9. The van der Waals surface area contributed by atoms with Gasteiger partial charge in [-0.15, -0.1) is 0 Å².